The molecule has 2 N–H and O–H groups in total. The van der Waals surface area contributed by atoms with Gasteiger partial charge in [-0.2, -0.15) is 0 Å². The van der Waals surface area contributed by atoms with E-state index in [9.17, 15) is 19.5 Å². The first-order chi connectivity index (χ1) is 15.8. The summed E-state index contributed by atoms with van der Waals surface area (Å²) in [6.07, 6.45) is 4.49. The number of nitrogens with one attached hydrogen (secondary N) is 1. The summed E-state index contributed by atoms with van der Waals surface area (Å²) in [7, 11) is 3.13. The molecule has 2 atom stereocenters. The van der Waals surface area contributed by atoms with Gasteiger partial charge in [0.1, 0.15) is 12.6 Å². The maximum atomic E-state index is 13.1. The predicted octanol–water partition coefficient (Wildman–Crippen LogP) is 2.82. The molecule has 1 aliphatic carbocycles. The maximum absolute atomic E-state index is 13.1. The molecule has 1 aliphatic rings. The maximum Gasteiger partial charge on any atom is 0.323 e. The molecule has 34 heavy (non-hydrogen) atoms. The summed E-state index contributed by atoms with van der Waals surface area (Å²) >= 11 is 0. The minimum absolute atomic E-state index is 0. The molecule has 1 saturated carbocycles. The Bertz CT molecular complexity index is 815. The van der Waals surface area contributed by atoms with Gasteiger partial charge in [-0.25, -0.2) is 0 Å². The highest BCUT2D eigenvalue weighted by molar-refractivity contribution is 5.86. The number of esters is 1. The van der Waals surface area contributed by atoms with Gasteiger partial charge in [0.15, 0.2) is 11.5 Å². The molecule has 1 aromatic carbocycles. The number of methoxy groups -OCH3 is 2. The van der Waals surface area contributed by atoms with Crippen LogP contribution in [0.25, 0.3) is 0 Å². The lowest BCUT2D eigenvalue weighted by atomic mass is 10.0. The highest BCUT2D eigenvalue weighted by Gasteiger charge is 2.33. The van der Waals surface area contributed by atoms with Crippen molar-refractivity contribution in [3.8, 4) is 11.5 Å². The highest BCUT2D eigenvalue weighted by atomic mass is 35.5. The molecule has 0 aromatic heterocycles. The Morgan fingerprint density at radius 3 is 2.35 bits per heavy atom. The van der Waals surface area contributed by atoms with Gasteiger partial charge in [0.2, 0.25) is 5.91 Å². The highest BCUT2D eigenvalue weighted by Crippen LogP contribution is 2.28. The van der Waals surface area contributed by atoms with Gasteiger partial charge in [-0.1, -0.05) is 18.9 Å². The van der Waals surface area contributed by atoms with E-state index in [2.05, 4.69) is 5.32 Å². The van der Waals surface area contributed by atoms with Crippen LogP contribution in [-0.4, -0.2) is 73.3 Å². The zero-order chi connectivity index (χ0) is 24.4. The van der Waals surface area contributed by atoms with Crippen LogP contribution in [0.4, 0.5) is 0 Å². The normalized spacial score (nSPS) is 15.1. The zero-order valence-corrected chi connectivity index (χ0v) is 21.2. The van der Waals surface area contributed by atoms with Crippen molar-refractivity contribution in [3.05, 3.63) is 23.8 Å². The lowest BCUT2D eigenvalue weighted by Gasteiger charge is -2.31. The van der Waals surface area contributed by atoms with E-state index < -0.39 is 24.0 Å². The Balaban J connectivity index is 0.00000578. The number of hydrogen-bond donors (Lipinski definition) is 2. The van der Waals surface area contributed by atoms with Gasteiger partial charge in [-0.3, -0.25) is 19.7 Å². The summed E-state index contributed by atoms with van der Waals surface area (Å²) in [5.74, 6) is -0.586. The number of carbonyl (C=O) groups excluding carboxylic acids is 2. The number of aliphatic carboxylic acids is 1. The first-order valence-corrected chi connectivity index (χ1v) is 11.5. The van der Waals surface area contributed by atoms with Crippen molar-refractivity contribution in [2.24, 2.45) is 0 Å². The molecule has 1 amide bonds. The summed E-state index contributed by atoms with van der Waals surface area (Å²) in [4.78, 5) is 38.5. The van der Waals surface area contributed by atoms with E-state index >= 15 is 0 Å². The Morgan fingerprint density at radius 2 is 1.79 bits per heavy atom. The number of hydrogen-bond acceptors (Lipinski definition) is 7. The molecule has 1 aromatic rings. The van der Waals surface area contributed by atoms with Crippen molar-refractivity contribution < 1.29 is 33.7 Å². The van der Waals surface area contributed by atoms with Gasteiger partial charge in [-0.05, 0) is 57.2 Å². The summed E-state index contributed by atoms with van der Waals surface area (Å²) in [6, 6.07) is 4.03. The second-order valence-electron chi connectivity index (χ2n) is 8.22. The number of carbonyl (C=O) groups is 3. The Hall–Kier alpha value is -2.52. The van der Waals surface area contributed by atoms with E-state index in [-0.39, 0.29) is 37.5 Å². The first kappa shape index (κ1) is 29.5. The van der Waals surface area contributed by atoms with Crippen molar-refractivity contribution in [2.45, 2.75) is 70.5 Å². The number of amides is 1. The molecule has 0 aliphatic heterocycles. The molecular weight excluding hydrogens is 464 g/mol. The number of carboxylic acid groups (broad SMARTS) is 1. The fraction of sp³-hybridized carbons (Fsp3) is 0.625. The molecule has 0 saturated heterocycles. The van der Waals surface area contributed by atoms with Crippen LogP contribution < -0.4 is 14.8 Å². The van der Waals surface area contributed by atoms with Crippen molar-refractivity contribution >= 4 is 30.3 Å². The average Bonchev–Trinajstić information content (AvgIpc) is 3.34. The van der Waals surface area contributed by atoms with Gasteiger partial charge < -0.3 is 24.2 Å². The number of halogens is 1. The fourth-order valence-electron chi connectivity index (χ4n) is 4.23. The molecule has 0 bridgehead atoms. The van der Waals surface area contributed by atoms with Crippen LogP contribution in [0.3, 0.4) is 0 Å². The van der Waals surface area contributed by atoms with Crippen LogP contribution in [0.15, 0.2) is 18.2 Å². The summed E-state index contributed by atoms with van der Waals surface area (Å²) < 4.78 is 15.8. The second kappa shape index (κ2) is 14.7. The fourth-order valence-corrected chi connectivity index (χ4v) is 4.23. The minimum atomic E-state index is -1.04. The first-order valence-electron chi connectivity index (χ1n) is 11.5. The third-order valence-corrected chi connectivity index (χ3v) is 5.92. The molecule has 0 spiro atoms. The minimum Gasteiger partial charge on any atom is -0.493 e. The molecule has 192 valence electrons. The van der Waals surface area contributed by atoms with Gasteiger partial charge in [0, 0.05) is 6.04 Å². The summed E-state index contributed by atoms with van der Waals surface area (Å²) in [6.45, 7) is 3.27. The molecule has 1 fully saturated rings. The SMILES string of the molecule is CCOC(=O)C(CCc1ccc(OC)c(OC)c1)N[C@@H](C)C(=O)N(CC(=O)O)C1CCCC1.Cl. The van der Waals surface area contributed by atoms with E-state index in [4.69, 9.17) is 14.2 Å². The molecule has 10 heteroatoms. The number of ether oxygens (including phenoxy) is 3. The van der Waals surface area contributed by atoms with Crippen molar-refractivity contribution in [3.63, 3.8) is 0 Å². The third-order valence-electron chi connectivity index (χ3n) is 5.92. The van der Waals surface area contributed by atoms with Crippen molar-refractivity contribution in [1.29, 1.82) is 0 Å². The van der Waals surface area contributed by atoms with E-state index in [0.29, 0.717) is 24.3 Å². The molecule has 0 radical (unpaired) electrons. The summed E-state index contributed by atoms with van der Waals surface area (Å²) in [5, 5.41) is 12.4. The lowest BCUT2D eigenvalue weighted by Crippen LogP contribution is -2.54. The van der Waals surface area contributed by atoms with Gasteiger partial charge in [0.05, 0.1) is 26.9 Å². The standard InChI is InChI=1S/C24H36N2O7.ClH/c1-5-33-24(30)19(12-10-17-11-13-20(31-3)21(14-17)32-4)25-16(2)23(29)26(15-22(27)28)18-8-6-7-9-18;/h11,13-14,16,18-19,25H,5-10,12,15H2,1-4H3,(H,27,28);1H/t16-,19?;/m0./s1. The van der Waals surface area contributed by atoms with E-state index in [1.807, 2.05) is 12.1 Å². The molecular formula is C24H37ClN2O7. The van der Waals surface area contributed by atoms with Crippen LogP contribution in [-0.2, 0) is 25.5 Å². The van der Waals surface area contributed by atoms with E-state index in [0.717, 1.165) is 31.2 Å². The molecule has 2 rings (SSSR count). The number of benzene rings is 1. The van der Waals surface area contributed by atoms with E-state index in [1.165, 1.54) is 4.90 Å². The number of nitrogens with zero attached hydrogens (tertiary/aromatic N) is 1. The monoisotopic (exact) mass is 500 g/mol. The molecule has 0 heterocycles. The molecule has 9 nitrogen and oxygen atoms in total. The van der Waals surface area contributed by atoms with Crippen LogP contribution in [0.5, 0.6) is 11.5 Å². The Labute approximate surface area is 207 Å². The van der Waals surface area contributed by atoms with Crippen LogP contribution in [0.1, 0.15) is 51.5 Å². The Morgan fingerprint density at radius 1 is 1.15 bits per heavy atom. The van der Waals surface area contributed by atoms with Crippen molar-refractivity contribution in [2.75, 3.05) is 27.4 Å². The van der Waals surface area contributed by atoms with Gasteiger partial charge in [-0.15, -0.1) is 12.4 Å². The van der Waals surface area contributed by atoms with Gasteiger partial charge >= 0.3 is 11.9 Å². The number of aryl methyl sites for hydroxylation is 1. The Kier molecular flexibility index (Phi) is 12.7. The van der Waals surface area contributed by atoms with Crippen LogP contribution in [0, 0.1) is 0 Å². The van der Waals surface area contributed by atoms with Crippen LogP contribution in [0.2, 0.25) is 0 Å². The average molecular weight is 501 g/mol. The largest absolute Gasteiger partial charge is 0.493 e. The van der Waals surface area contributed by atoms with E-state index in [1.54, 1.807) is 34.1 Å². The predicted molar refractivity (Wildman–Crippen MR) is 130 cm³/mol. The zero-order valence-electron chi connectivity index (χ0n) is 20.4. The number of rotatable bonds is 13. The molecule has 1 unspecified atom stereocenters. The van der Waals surface area contributed by atoms with Crippen LogP contribution >= 0.6 is 12.4 Å². The quantitative estimate of drug-likeness (QED) is 0.397. The topological polar surface area (TPSA) is 114 Å². The summed E-state index contributed by atoms with van der Waals surface area (Å²) in [5.41, 5.74) is 0.946. The van der Waals surface area contributed by atoms with Gasteiger partial charge in [0.25, 0.3) is 0 Å². The lowest BCUT2D eigenvalue weighted by molar-refractivity contribution is -0.149. The second-order valence-corrected chi connectivity index (χ2v) is 8.22. The smallest absolute Gasteiger partial charge is 0.323 e. The number of carboxylic acids is 1. The van der Waals surface area contributed by atoms with Crippen molar-refractivity contribution in [1.82, 2.24) is 10.2 Å². The third kappa shape index (κ3) is 8.36.